The first-order chi connectivity index (χ1) is 10.3. The molecular weight excluding hydrogens is 301 g/mol. The lowest BCUT2D eigenvalue weighted by atomic mass is 10.1. The minimum atomic E-state index is -4.65. The Morgan fingerprint density at radius 2 is 2.09 bits per heavy atom. The van der Waals surface area contributed by atoms with Crippen LogP contribution in [0.1, 0.15) is 16.1 Å². The van der Waals surface area contributed by atoms with Crippen LogP contribution in [0.4, 0.5) is 13.2 Å². The average Bonchev–Trinajstić information content (AvgIpc) is 3.01. The molecular formula is C13H17F3N4O2. The number of aryl methyl sites for hydroxylation is 1. The van der Waals surface area contributed by atoms with E-state index in [0.29, 0.717) is 19.7 Å². The molecule has 0 N–H and O–H groups in total. The van der Waals surface area contributed by atoms with Crippen LogP contribution in [0, 0.1) is 0 Å². The summed E-state index contributed by atoms with van der Waals surface area (Å²) in [6, 6.07) is 0.0312. The number of hydrogen-bond donors (Lipinski definition) is 0. The van der Waals surface area contributed by atoms with E-state index in [9.17, 15) is 18.0 Å². The van der Waals surface area contributed by atoms with Gasteiger partial charge in [-0.1, -0.05) is 0 Å². The molecule has 2 aliphatic rings. The summed E-state index contributed by atoms with van der Waals surface area (Å²) in [5, 5.41) is 3.38. The Labute approximate surface area is 125 Å². The van der Waals surface area contributed by atoms with Crippen molar-refractivity contribution in [3.8, 4) is 0 Å². The molecule has 2 atom stereocenters. The van der Waals surface area contributed by atoms with E-state index in [-0.39, 0.29) is 12.1 Å². The highest BCUT2D eigenvalue weighted by molar-refractivity contribution is 5.95. The number of alkyl halides is 3. The maximum absolute atomic E-state index is 13.0. The number of nitrogens with zero attached hydrogens (tertiary/aromatic N) is 4. The zero-order chi connectivity index (χ0) is 16.1. The van der Waals surface area contributed by atoms with Crippen LogP contribution in [-0.4, -0.2) is 70.9 Å². The molecule has 3 rings (SSSR count). The Hall–Kier alpha value is -1.61. The van der Waals surface area contributed by atoms with Gasteiger partial charge in [-0.2, -0.15) is 18.3 Å². The fourth-order valence-corrected chi connectivity index (χ4v) is 3.05. The number of likely N-dealkylation sites (N-methyl/N-ethyl adjacent to an activating group) is 1. The first-order valence-electron chi connectivity index (χ1n) is 6.99. The van der Waals surface area contributed by atoms with Crippen LogP contribution in [0.3, 0.4) is 0 Å². The fraction of sp³-hybridized carbons (Fsp3) is 0.692. The van der Waals surface area contributed by atoms with Gasteiger partial charge in [0.15, 0.2) is 5.69 Å². The van der Waals surface area contributed by atoms with Gasteiger partial charge in [0.2, 0.25) is 0 Å². The predicted octanol–water partition coefficient (Wildman–Crippen LogP) is 0.594. The van der Waals surface area contributed by atoms with Gasteiger partial charge in [0, 0.05) is 32.9 Å². The van der Waals surface area contributed by atoms with Crippen molar-refractivity contribution >= 4 is 5.91 Å². The quantitative estimate of drug-likeness (QED) is 0.761. The van der Waals surface area contributed by atoms with Crippen LogP contribution in [0.15, 0.2) is 6.20 Å². The number of carbonyl (C=O) groups is 1. The first-order valence-corrected chi connectivity index (χ1v) is 6.99. The van der Waals surface area contributed by atoms with E-state index in [2.05, 4.69) is 10.00 Å². The number of hydrogen-bond acceptors (Lipinski definition) is 4. The van der Waals surface area contributed by atoms with Crippen molar-refractivity contribution in [1.82, 2.24) is 19.6 Å². The summed E-state index contributed by atoms with van der Waals surface area (Å²) in [6.07, 6.45) is -3.67. The summed E-state index contributed by atoms with van der Waals surface area (Å²) in [5.41, 5.74) is -1.54. The summed E-state index contributed by atoms with van der Waals surface area (Å²) < 4.78 is 45.6. The number of carbonyl (C=O) groups excluding carboxylic acids is 1. The van der Waals surface area contributed by atoms with Gasteiger partial charge in [-0.3, -0.25) is 14.4 Å². The van der Waals surface area contributed by atoms with Crippen molar-refractivity contribution in [3.05, 3.63) is 17.5 Å². The minimum Gasteiger partial charge on any atom is -0.373 e. The number of amides is 1. The molecule has 0 aromatic carbocycles. The number of likely N-dealkylation sites (tertiary alicyclic amines) is 1. The monoisotopic (exact) mass is 318 g/mol. The Kier molecular flexibility index (Phi) is 3.64. The van der Waals surface area contributed by atoms with Gasteiger partial charge in [-0.05, 0) is 7.05 Å². The molecule has 0 aliphatic carbocycles. The topological polar surface area (TPSA) is 50.6 Å². The zero-order valence-electron chi connectivity index (χ0n) is 12.3. The zero-order valence-corrected chi connectivity index (χ0v) is 12.3. The smallest absolute Gasteiger partial charge is 0.373 e. The maximum Gasteiger partial charge on any atom is 0.435 e. The lowest BCUT2D eigenvalue weighted by Gasteiger charge is -2.33. The van der Waals surface area contributed by atoms with Crippen LogP contribution in [0.2, 0.25) is 0 Å². The molecule has 122 valence electrons. The van der Waals surface area contributed by atoms with Crippen molar-refractivity contribution in [2.45, 2.75) is 18.3 Å². The number of fused-ring (bicyclic) bond motifs is 1. The van der Waals surface area contributed by atoms with Gasteiger partial charge < -0.3 is 9.64 Å². The van der Waals surface area contributed by atoms with E-state index in [4.69, 9.17) is 4.74 Å². The molecule has 1 amide bonds. The first kappa shape index (κ1) is 15.3. The summed E-state index contributed by atoms with van der Waals surface area (Å²) >= 11 is 0. The highest BCUT2D eigenvalue weighted by Gasteiger charge is 2.44. The highest BCUT2D eigenvalue weighted by Crippen LogP contribution is 2.32. The average molecular weight is 318 g/mol. The second-order valence-electron chi connectivity index (χ2n) is 5.73. The number of ether oxygens (including phenoxy) is 1. The van der Waals surface area contributed by atoms with Crippen LogP contribution >= 0.6 is 0 Å². The van der Waals surface area contributed by atoms with E-state index in [1.165, 1.54) is 11.9 Å². The van der Waals surface area contributed by atoms with Gasteiger partial charge in [0.25, 0.3) is 5.91 Å². The normalized spacial score (nSPS) is 26.3. The minimum absolute atomic E-state index is 0.0312. The number of morpholine rings is 1. The summed E-state index contributed by atoms with van der Waals surface area (Å²) in [6.45, 7) is 2.00. The fourth-order valence-electron chi connectivity index (χ4n) is 3.05. The maximum atomic E-state index is 13.0. The Balaban J connectivity index is 1.84. The van der Waals surface area contributed by atoms with E-state index < -0.39 is 23.3 Å². The second kappa shape index (κ2) is 5.24. The Morgan fingerprint density at radius 3 is 2.73 bits per heavy atom. The van der Waals surface area contributed by atoms with Crippen molar-refractivity contribution in [1.29, 1.82) is 0 Å². The molecule has 0 spiro atoms. The van der Waals surface area contributed by atoms with Gasteiger partial charge in [0.1, 0.15) is 0 Å². The van der Waals surface area contributed by atoms with Gasteiger partial charge in [0.05, 0.1) is 24.3 Å². The predicted molar refractivity (Wildman–Crippen MR) is 70.3 cm³/mol. The molecule has 0 saturated carbocycles. The number of rotatable bonds is 1. The molecule has 0 radical (unpaired) electrons. The van der Waals surface area contributed by atoms with Crippen molar-refractivity contribution in [3.63, 3.8) is 0 Å². The number of aromatic nitrogens is 2. The summed E-state index contributed by atoms with van der Waals surface area (Å²) in [4.78, 5) is 16.0. The molecule has 2 fully saturated rings. The van der Waals surface area contributed by atoms with Crippen molar-refractivity contribution < 1.29 is 22.7 Å². The number of halogens is 3. The van der Waals surface area contributed by atoms with Crippen LogP contribution < -0.4 is 0 Å². The largest absolute Gasteiger partial charge is 0.435 e. The second-order valence-corrected chi connectivity index (χ2v) is 5.73. The molecule has 1 aromatic rings. The molecule has 0 bridgehead atoms. The van der Waals surface area contributed by atoms with Gasteiger partial charge in [-0.15, -0.1) is 0 Å². The molecule has 3 heterocycles. The van der Waals surface area contributed by atoms with Crippen LogP contribution in [0.5, 0.6) is 0 Å². The standard InChI is InChI=1S/C13H17F3N4O2/c1-18-3-4-22-10-7-20(6-9(10)18)12(21)8-5-19(2)17-11(8)13(14,15)16/h5,9-10H,3-4,6-7H2,1-2H3/t9-,10+/m1/s1. The van der Waals surface area contributed by atoms with Crippen LogP contribution in [0.25, 0.3) is 0 Å². The summed E-state index contributed by atoms with van der Waals surface area (Å²) in [7, 11) is 3.30. The molecule has 6 nitrogen and oxygen atoms in total. The Bertz CT molecular complexity index is 586. The molecule has 0 unspecified atom stereocenters. The third-order valence-corrected chi connectivity index (χ3v) is 4.19. The van der Waals surface area contributed by atoms with Gasteiger partial charge in [-0.25, -0.2) is 0 Å². The summed E-state index contributed by atoms with van der Waals surface area (Å²) in [5.74, 6) is -0.646. The molecule has 2 saturated heterocycles. The lowest BCUT2D eigenvalue weighted by molar-refractivity contribution is -0.141. The van der Waals surface area contributed by atoms with Crippen molar-refractivity contribution in [2.24, 2.45) is 7.05 Å². The Morgan fingerprint density at radius 1 is 1.36 bits per heavy atom. The van der Waals surface area contributed by atoms with Crippen molar-refractivity contribution in [2.75, 3.05) is 33.3 Å². The molecule has 1 aromatic heterocycles. The van der Waals surface area contributed by atoms with E-state index in [1.54, 1.807) is 0 Å². The molecule has 2 aliphatic heterocycles. The highest BCUT2D eigenvalue weighted by atomic mass is 19.4. The molecule has 9 heteroatoms. The third kappa shape index (κ3) is 2.58. The van der Waals surface area contributed by atoms with E-state index in [1.807, 2.05) is 7.05 Å². The SMILES string of the molecule is CN1CCO[C@H]2CN(C(=O)c3cn(C)nc3C(F)(F)F)C[C@H]21. The third-order valence-electron chi connectivity index (χ3n) is 4.19. The lowest BCUT2D eigenvalue weighted by Crippen LogP contribution is -2.48. The van der Waals surface area contributed by atoms with E-state index >= 15 is 0 Å². The van der Waals surface area contributed by atoms with E-state index in [0.717, 1.165) is 17.4 Å². The van der Waals surface area contributed by atoms with Crippen LogP contribution in [-0.2, 0) is 18.0 Å². The molecule has 22 heavy (non-hydrogen) atoms. The van der Waals surface area contributed by atoms with Gasteiger partial charge >= 0.3 is 6.18 Å².